The highest BCUT2D eigenvalue weighted by Gasteiger charge is 2.20. The molecule has 2 N–H and O–H groups in total. The highest BCUT2D eigenvalue weighted by atomic mass is 35.5. The first-order chi connectivity index (χ1) is 10.8. The van der Waals surface area contributed by atoms with Crippen molar-refractivity contribution >= 4 is 23.5 Å². The lowest BCUT2D eigenvalue weighted by molar-refractivity contribution is -0.142. The second-order valence-corrected chi connectivity index (χ2v) is 6.21. The van der Waals surface area contributed by atoms with Gasteiger partial charge in [0.15, 0.2) is 0 Å². The molecular formula is C17H24ClNO4. The molecule has 5 nitrogen and oxygen atoms in total. The van der Waals surface area contributed by atoms with Crippen LogP contribution in [-0.2, 0) is 16.0 Å². The van der Waals surface area contributed by atoms with Crippen molar-refractivity contribution in [3.05, 3.63) is 28.8 Å². The second-order valence-electron chi connectivity index (χ2n) is 5.81. The molecular weight excluding hydrogens is 318 g/mol. The largest absolute Gasteiger partial charge is 0.492 e. The maximum absolute atomic E-state index is 12.1. The quantitative estimate of drug-likeness (QED) is 0.723. The van der Waals surface area contributed by atoms with Gasteiger partial charge in [0.1, 0.15) is 5.75 Å². The number of nitrogens with one attached hydrogen (secondary N) is 1. The molecule has 0 aliphatic heterocycles. The number of carboxylic acid groups (broad SMARTS) is 1. The van der Waals surface area contributed by atoms with Crippen LogP contribution in [-0.4, -0.2) is 30.1 Å². The van der Waals surface area contributed by atoms with E-state index in [4.69, 9.17) is 16.3 Å². The van der Waals surface area contributed by atoms with Gasteiger partial charge in [-0.05, 0) is 25.3 Å². The number of carboxylic acids is 1. The van der Waals surface area contributed by atoms with E-state index in [-0.39, 0.29) is 24.8 Å². The Bertz CT molecular complexity index is 545. The highest BCUT2D eigenvalue weighted by molar-refractivity contribution is 6.32. The Morgan fingerprint density at radius 3 is 2.61 bits per heavy atom. The van der Waals surface area contributed by atoms with Crippen molar-refractivity contribution in [2.45, 2.75) is 33.6 Å². The third-order valence-corrected chi connectivity index (χ3v) is 3.64. The predicted molar refractivity (Wildman–Crippen MR) is 89.9 cm³/mol. The molecule has 23 heavy (non-hydrogen) atoms. The lowest BCUT2D eigenvalue weighted by atomic mass is 9.97. The summed E-state index contributed by atoms with van der Waals surface area (Å²) >= 11 is 6.08. The van der Waals surface area contributed by atoms with Crippen LogP contribution in [0.25, 0.3) is 0 Å². The van der Waals surface area contributed by atoms with E-state index in [0.717, 1.165) is 0 Å². The minimum Gasteiger partial charge on any atom is -0.492 e. The standard InChI is InChI=1S/C17H24ClNO4/c1-4-23-16-12(6-5-7-14(16)18)9-15(20)19-10-13(17(21)22)8-11(2)3/h5-7,11,13H,4,8-10H2,1-3H3,(H,19,20)(H,21,22). The van der Waals surface area contributed by atoms with Crippen LogP contribution in [0.15, 0.2) is 18.2 Å². The number of hydrogen-bond acceptors (Lipinski definition) is 3. The van der Waals surface area contributed by atoms with E-state index in [1.54, 1.807) is 18.2 Å². The van der Waals surface area contributed by atoms with Gasteiger partial charge in [0.2, 0.25) is 5.91 Å². The van der Waals surface area contributed by atoms with Crippen molar-refractivity contribution in [1.82, 2.24) is 5.32 Å². The van der Waals surface area contributed by atoms with Crippen molar-refractivity contribution in [2.75, 3.05) is 13.2 Å². The Hall–Kier alpha value is -1.75. The van der Waals surface area contributed by atoms with Crippen molar-refractivity contribution in [3.63, 3.8) is 0 Å². The average molecular weight is 342 g/mol. The first-order valence-corrected chi connectivity index (χ1v) is 8.12. The number of halogens is 1. The maximum atomic E-state index is 12.1. The third-order valence-electron chi connectivity index (χ3n) is 3.34. The second kappa shape index (κ2) is 9.40. The summed E-state index contributed by atoms with van der Waals surface area (Å²) in [5.41, 5.74) is 0.688. The highest BCUT2D eigenvalue weighted by Crippen LogP contribution is 2.29. The molecule has 0 heterocycles. The fraction of sp³-hybridized carbons (Fsp3) is 0.529. The Kier molecular flexibility index (Phi) is 7.89. The molecule has 1 aromatic carbocycles. The first-order valence-electron chi connectivity index (χ1n) is 7.74. The molecule has 0 aromatic heterocycles. The van der Waals surface area contributed by atoms with Gasteiger partial charge in [-0.1, -0.05) is 37.6 Å². The smallest absolute Gasteiger partial charge is 0.308 e. The predicted octanol–water partition coefficient (Wildman–Crippen LogP) is 3.14. The topological polar surface area (TPSA) is 75.6 Å². The molecule has 0 aliphatic carbocycles. The van der Waals surface area contributed by atoms with Crippen molar-refractivity contribution in [1.29, 1.82) is 0 Å². The molecule has 0 bridgehead atoms. The molecule has 1 aromatic rings. The van der Waals surface area contributed by atoms with E-state index in [9.17, 15) is 14.7 Å². The first kappa shape index (κ1) is 19.3. The maximum Gasteiger partial charge on any atom is 0.308 e. The van der Waals surface area contributed by atoms with Gasteiger partial charge in [-0.25, -0.2) is 0 Å². The number of aliphatic carboxylic acids is 1. The molecule has 1 rings (SSSR count). The van der Waals surface area contributed by atoms with Crippen LogP contribution < -0.4 is 10.1 Å². The number of rotatable bonds is 9. The molecule has 0 saturated heterocycles. The SMILES string of the molecule is CCOc1c(Cl)cccc1CC(=O)NCC(CC(C)C)C(=O)O. The van der Waals surface area contributed by atoms with Gasteiger partial charge >= 0.3 is 5.97 Å². The number of para-hydroxylation sites is 1. The van der Waals surface area contributed by atoms with Gasteiger partial charge in [0, 0.05) is 12.1 Å². The van der Waals surface area contributed by atoms with Crippen LogP contribution in [0.1, 0.15) is 32.8 Å². The molecule has 6 heteroatoms. The normalized spacial score (nSPS) is 12.0. The van der Waals surface area contributed by atoms with Crippen molar-refractivity contribution in [2.24, 2.45) is 11.8 Å². The van der Waals surface area contributed by atoms with Gasteiger partial charge in [-0.15, -0.1) is 0 Å². The average Bonchev–Trinajstić information content (AvgIpc) is 2.46. The number of amides is 1. The minimum absolute atomic E-state index is 0.101. The zero-order valence-corrected chi connectivity index (χ0v) is 14.5. The summed E-state index contributed by atoms with van der Waals surface area (Å²) in [5.74, 6) is -0.959. The lowest BCUT2D eigenvalue weighted by Crippen LogP contribution is -2.34. The number of carbonyl (C=O) groups excluding carboxylic acids is 1. The minimum atomic E-state index is -0.892. The van der Waals surface area contributed by atoms with Gasteiger partial charge in [-0.3, -0.25) is 9.59 Å². The van der Waals surface area contributed by atoms with E-state index in [2.05, 4.69) is 5.32 Å². The van der Waals surface area contributed by atoms with E-state index >= 15 is 0 Å². The Balaban J connectivity index is 2.66. The molecule has 1 unspecified atom stereocenters. The summed E-state index contributed by atoms with van der Waals surface area (Å²) in [6, 6.07) is 5.24. The zero-order chi connectivity index (χ0) is 17.4. The monoisotopic (exact) mass is 341 g/mol. The van der Waals surface area contributed by atoms with Gasteiger partial charge in [-0.2, -0.15) is 0 Å². The van der Waals surface area contributed by atoms with Gasteiger partial charge < -0.3 is 15.2 Å². The van der Waals surface area contributed by atoms with E-state index in [1.165, 1.54) is 0 Å². The molecule has 128 valence electrons. The summed E-state index contributed by atoms with van der Waals surface area (Å²) in [4.78, 5) is 23.3. The summed E-state index contributed by atoms with van der Waals surface area (Å²) in [6.45, 7) is 6.33. The van der Waals surface area contributed by atoms with Crippen LogP contribution in [0.3, 0.4) is 0 Å². The molecule has 1 atom stereocenters. The summed E-state index contributed by atoms with van der Waals surface area (Å²) in [6.07, 6.45) is 0.626. The van der Waals surface area contributed by atoms with Crippen LogP contribution >= 0.6 is 11.6 Å². The van der Waals surface area contributed by atoms with Crippen molar-refractivity contribution < 1.29 is 19.4 Å². The third kappa shape index (κ3) is 6.48. The van der Waals surface area contributed by atoms with Gasteiger partial charge in [0.05, 0.1) is 24.0 Å². The number of carbonyl (C=O) groups is 2. The molecule has 0 fully saturated rings. The molecule has 0 saturated carbocycles. The van der Waals surface area contributed by atoms with Crippen LogP contribution in [0, 0.1) is 11.8 Å². The zero-order valence-electron chi connectivity index (χ0n) is 13.8. The van der Waals surface area contributed by atoms with Crippen LogP contribution in [0.2, 0.25) is 5.02 Å². The summed E-state index contributed by atoms with van der Waals surface area (Å²) in [7, 11) is 0. The van der Waals surface area contributed by atoms with Gasteiger partial charge in [0.25, 0.3) is 0 Å². The molecule has 0 spiro atoms. The Morgan fingerprint density at radius 1 is 1.35 bits per heavy atom. The van der Waals surface area contributed by atoms with E-state index < -0.39 is 11.9 Å². The molecule has 0 aliphatic rings. The lowest BCUT2D eigenvalue weighted by Gasteiger charge is -2.16. The van der Waals surface area contributed by atoms with Crippen LogP contribution in [0.4, 0.5) is 0 Å². The number of hydrogen-bond donors (Lipinski definition) is 2. The summed E-state index contributed by atoms with van der Waals surface area (Å²) in [5, 5.41) is 12.3. The number of benzene rings is 1. The van der Waals surface area contributed by atoms with Crippen molar-refractivity contribution in [3.8, 4) is 5.75 Å². The molecule has 0 radical (unpaired) electrons. The fourth-order valence-electron chi connectivity index (χ4n) is 2.31. The van der Waals surface area contributed by atoms with E-state index in [0.29, 0.717) is 29.4 Å². The Labute approximate surface area is 142 Å². The number of ether oxygens (including phenoxy) is 1. The summed E-state index contributed by atoms with van der Waals surface area (Å²) < 4.78 is 5.48. The van der Waals surface area contributed by atoms with Crippen LogP contribution in [0.5, 0.6) is 5.75 Å². The van der Waals surface area contributed by atoms with E-state index in [1.807, 2.05) is 20.8 Å². The molecule has 1 amide bonds. The fourth-order valence-corrected chi connectivity index (χ4v) is 2.56. The Morgan fingerprint density at radius 2 is 2.04 bits per heavy atom.